The Hall–Kier alpha value is -0.270. The van der Waals surface area contributed by atoms with Crippen molar-refractivity contribution < 1.29 is 25.3 Å². The summed E-state index contributed by atoms with van der Waals surface area (Å²) in [5.41, 5.74) is 0. The molecule has 0 amide bonds. The highest BCUT2D eigenvalue weighted by Crippen LogP contribution is 2.26. The molecule has 1 aliphatic rings. The van der Waals surface area contributed by atoms with Crippen LogP contribution in [-0.2, 0) is 30.1 Å². The molecule has 142 valence electrons. The van der Waals surface area contributed by atoms with E-state index in [0.29, 0.717) is 6.42 Å². The van der Waals surface area contributed by atoms with Crippen LogP contribution in [0, 0.1) is 0 Å². The Labute approximate surface area is 140 Å². The third-order valence-corrected chi connectivity index (χ3v) is 7.59. The second-order valence-electron chi connectivity index (χ2n) is 4.58. The molecule has 23 heavy (non-hydrogen) atoms. The van der Waals surface area contributed by atoms with Crippen LogP contribution < -0.4 is 14.2 Å². The van der Waals surface area contributed by atoms with Gasteiger partial charge < -0.3 is 0 Å². The van der Waals surface area contributed by atoms with Crippen LogP contribution in [0.2, 0.25) is 0 Å². The second-order valence-corrected chi connectivity index (χ2v) is 11.0. The SMILES string of the molecule is CCCS(=O)(=O)NC.CCS(=O)(=O)NC.CNS(=O)(=O)C1CC1. The first-order chi connectivity index (χ1) is 10.4. The van der Waals surface area contributed by atoms with Crippen LogP contribution >= 0.6 is 0 Å². The minimum atomic E-state index is -2.92. The quantitative estimate of drug-likeness (QED) is 0.516. The maximum atomic E-state index is 10.7. The topological polar surface area (TPSA) is 139 Å². The fourth-order valence-corrected chi connectivity index (χ4v) is 3.18. The first kappa shape index (κ1) is 25.0. The third-order valence-electron chi connectivity index (χ3n) is 2.72. The molecule has 9 nitrogen and oxygen atoms in total. The Bertz CT molecular complexity index is 599. The van der Waals surface area contributed by atoms with E-state index in [1.54, 1.807) is 6.92 Å². The molecule has 0 aromatic rings. The molecule has 0 atom stereocenters. The van der Waals surface area contributed by atoms with E-state index in [1.807, 2.05) is 6.92 Å². The van der Waals surface area contributed by atoms with Gasteiger partial charge in [-0.1, -0.05) is 6.92 Å². The first-order valence-electron chi connectivity index (χ1n) is 7.16. The van der Waals surface area contributed by atoms with Crippen molar-refractivity contribution >= 4 is 30.1 Å². The van der Waals surface area contributed by atoms with Crippen LogP contribution in [0.5, 0.6) is 0 Å². The maximum Gasteiger partial charge on any atom is 0.214 e. The van der Waals surface area contributed by atoms with Gasteiger partial charge in [-0.15, -0.1) is 0 Å². The Balaban J connectivity index is 0. The Morgan fingerprint density at radius 1 is 0.783 bits per heavy atom. The monoisotopic (exact) mass is 395 g/mol. The molecule has 0 aliphatic heterocycles. The fraction of sp³-hybridized carbons (Fsp3) is 1.00. The molecule has 3 N–H and O–H groups in total. The molecule has 0 heterocycles. The van der Waals surface area contributed by atoms with Gasteiger partial charge in [-0.25, -0.2) is 39.4 Å². The highest BCUT2D eigenvalue weighted by Gasteiger charge is 2.34. The van der Waals surface area contributed by atoms with Crippen molar-refractivity contribution in [2.24, 2.45) is 0 Å². The largest absolute Gasteiger partial charge is 0.218 e. The van der Waals surface area contributed by atoms with Gasteiger partial charge in [0.05, 0.1) is 16.8 Å². The molecular formula is C11H29N3O6S3. The number of nitrogens with one attached hydrogen (secondary N) is 3. The molecule has 0 saturated heterocycles. The van der Waals surface area contributed by atoms with Gasteiger partial charge in [0.25, 0.3) is 0 Å². The Morgan fingerprint density at radius 3 is 1.30 bits per heavy atom. The zero-order chi connectivity index (χ0) is 18.7. The predicted molar refractivity (Wildman–Crippen MR) is 92.7 cm³/mol. The van der Waals surface area contributed by atoms with E-state index in [0.717, 1.165) is 12.8 Å². The zero-order valence-corrected chi connectivity index (χ0v) is 16.7. The lowest BCUT2D eigenvalue weighted by molar-refractivity contribution is 0.585. The van der Waals surface area contributed by atoms with E-state index < -0.39 is 30.1 Å². The maximum absolute atomic E-state index is 10.7. The normalized spacial score (nSPS) is 15.0. The molecule has 1 rings (SSSR count). The number of rotatable bonds is 7. The van der Waals surface area contributed by atoms with Crippen molar-refractivity contribution in [1.82, 2.24) is 14.2 Å². The second kappa shape index (κ2) is 11.3. The summed E-state index contributed by atoms with van der Waals surface area (Å²) in [6.45, 7) is 3.42. The van der Waals surface area contributed by atoms with Crippen LogP contribution in [-0.4, -0.2) is 63.2 Å². The Morgan fingerprint density at radius 2 is 1.22 bits per heavy atom. The van der Waals surface area contributed by atoms with Gasteiger partial charge in [0.15, 0.2) is 0 Å². The summed E-state index contributed by atoms with van der Waals surface area (Å²) in [5.74, 6) is 0.382. The van der Waals surface area contributed by atoms with Crippen LogP contribution in [0.25, 0.3) is 0 Å². The van der Waals surface area contributed by atoms with Crippen LogP contribution in [0.1, 0.15) is 33.1 Å². The van der Waals surface area contributed by atoms with E-state index >= 15 is 0 Å². The van der Waals surface area contributed by atoms with Gasteiger partial charge in [0.1, 0.15) is 0 Å². The van der Waals surface area contributed by atoms with Gasteiger partial charge >= 0.3 is 0 Å². The van der Waals surface area contributed by atoms with Gasteiger partial charge in [-0.2, -0.15) is 0 Å². The zero-order valence-electron chi connectivity index (χ0n) is 14.3. The lowest BCUT2D eigenvalue weighted by Crippen LogP contribution is -2.22. The van der Waals surface area contributed by atoms with Gasteiger partial charge in [-0.3, -0.25) is 0 Å². The van der Waals surface area contributed by atoms with Crippen LogP contribution in [0.3, 0.4) is 0 Å². The summed E-state index contributed by atoms with van der Waals surface area (Å²) in [4.78, 5) is 0. The minimum absolute atomic E-state index is 0.0764. The molecule has 0 aromatic carbocycles. The molecule has 1 aliphatic carbocycles. The lowest BCUT2D eigenvalue weighted by atomic mass is 10.6. The van der Waals surface area contributed by atoms with Crippen molar-refractivity contribution in [2.75, 3.05) is 32.6 Å². The van der Waals surface area contributed by atoms with Gasteiger partial charge in [-0.05, 0) is 47.3 Å². The summed E-state index contributed by atoms with van der Waals surface area (Å²) < 4.78 is 69.4. The van der Waals surface area contributed by atoms with Crippen molar-refractivity contribution in [1.29, 1.82) is 0 Å². The molecule has 12 heteroatoms. The van der Waals surface area contributed by atoms with E-state index in [-0.39, 0.29) is 16.8 Å². The molecule has 1 fully saturated rings. The molecule has 0 bridgehead atoms. The third kappa shape index (κ3) is 13.8. The van der Waals surface area contributed by atoms with Crippen molar-refractivity contribution in [3.8, 4) is 0 Å². The van der Waals surface area contributed by atoms with E-state index in [4.69, 9.17) is 0 Å². The molecule has 1 saturated carbocycles. The van der Waals surface area contributed by atoms with E-state index in [9.17, 15) is 25.3 Å². The molecular weight excluding hydrogens is 366 g/mol. The molecule has 0 spiro atoms. The summed E-state index contributed by atoms with van der Waals surface area (Å²) >= 11 is 0. The van der Waals surface area contributed by atoms with Crippen LogP contribution in [0.15, 0.2) is 0 Å². The van der Waals surface area contributed by atoms with E-state index in [1.165, 1.54) is 21.1 Å². The summed E-state index contributed by atoms with van der Waals surface area (Å²) in [6.07, 6.45) is 2.34. The van der Waals surface area contributed by atoms with E-state index in [2.05, 4.69) is 14.2 Å². The summed E-state index contributed by atoms with van der Waals surface area (Å²) in [6, 6.07) is 0. The van der Waals surface area contributed by atoms with Gasteiger partial charge in [0, 0.05) is 0 Å². The molecule has 0 unspecified atom stereocenters. The summed E-state index contributed by atoms with van der Waals surface area (Å²) in [7, 11) is -4.43. The average Bonchev–Trinajstić information content (AvgIpc) is 3.34. The van der Waals surface area contributed by atoms with Crippen molar-refractivity contribution in [2.45, 2.75) is 38.4 Å². The van der Waals surface area contributed by atoms with Crippen molar-refractivity contribution in [3.05, 3.63) is 0 Å². The standard InChI is InChI=1S/C4H9NO2S.C4H11NO2S.C3H9NO2S/c1-5-8(6,7)4-2-3-4;1-3-4-8(6,7)5-2;1-3-7(5,6)4-2/h4-5H,2-3H2,1H3;5H,3-4H2,1-2H3;4H,3H2,1-2H3. The Kier molecular flexibility index (Phi) is 12.3. The summed E-state index contributed by atoms with van der Waals surface area (Å²) in [5, 5.41) is -0.0764. The van der Waals surface area contributed by atoms with Crippen molar-refractivity contribution in [3.63, 3.8) is 0 Å². The average molecular weight is 396 g/mol. The fourth-order valence-electron chi connectivity index (χ4n) is 1.06. The predicted octanol–water partition coefficient (Wildman–Crippen LogP) is -0.801. The molecule has 0 radical (unpaired) electrons. The minimum Gasteiger partial charge on any atom is -0.218 e. The lowest BCUT2D eigenvalue weighted by Gasteiger charge is -1.95. The number of hydrogen-bond donors (Lipinski definition) is 3. The highest BCUT2D eigenvalue weighted by atomic mass is 32.2. The number of sulfonamides is 3. The smallest absolute Gasteiger partial charge is 0.214 e. The first-order valence-corrected chi connectivity index (χ1v) is 12.0. The van der Waals surface area contributed by atoms with Gasteiger partial charge in [0.2, 0.25) is 30.1 Å². The highest BCUT2D eigenvalue weighted by molar-refractivity contribution is 7.90. The number of hydrogen-bond acceptors (Lipinski definition) is 6. The van der Waals surface area contributed by atoms with Crippen LogP contribution in [0.4, 0.5) is 0 Å². The molecule has 0 aromatic heterocycles.